The zero-order valence-corrected chi connectivity index (χ0v) is 14.2. The lowest BCUT2D eigenvalue weighted by Crippen LogP contribution is -2.23. The Bertz CT molecular complexity index is 677. The number of hydrogen-bond acceptors (Lipinski definition) is 4. The highest BCUT2D eigenvalue weighted by Crippen LogP contribution is 2.32. The van der Waals surface area contributed by atoms with E-state index in [2.05, 4.69) is 15.5 Å². The van der Waals surface area contributed by atoms with Gasteiger partial charge in [-0.3, -0.25) is 4.79 Å². The first-order chi connectivity index (χ1) is 9.88. The predicted molar refractivity (Wildman–Crippen MR) is 86.4 cm³/mol. The quantitative estimate of drug-likeness (QED) is 0.659. The fraction of sp³-hybridized carbons (Fsp3) is 0.250. The highest BCUT2D eigenvalue weighted by molar-refractivity contribution is 8.00. The van der Waals surface area contributed by atoms with Crippen LogP contribution < -0.4 is 5.32 Å². The van der Waals surface area contributed by atoms with Crippen LogP contribution in [-0.2, 0) is 11.8 Å². The number of aromatic nitrogens is 3. The molecule has 21 heavy (non-hydrogen) atoms. The molecule has 1 atom stereocenters. The summed E-state index contributed by atoms with van der Waals surface area (Å²) in [5, 5.41) is 11.7. The Morgan fingerprint density at radius 2 is 1.95 bits per heavy atom. The zero-order valence-electron chi connectivity index (χ0n) is 11.1. The highest BCUT2D eigenvalue weighted by atomic mass is 35.5. The van der Waals surface area contributed by atoms with Crippen molar-refractivity contribution in [2.75, 3.05) is 5.32 Å². The SMILES string of the molecule is C[C@H](Sc1nncn1C)C(=O)Nc1cc(Cl)c(Cl)cc1Cl. The van der Waals surface area contributed by atoms with Crippen molar-refractivity contribution < 1.29 is 4.79 Å². The minimum absolute atomic E-state index is 0.219. The van der Waals surface area contributed by atoms with Gasteiger partial charge < -0.3 is 9.88 Å². The van der Waals surface area contributed by atoms with E-state index in [0.29, 0.717) is 25.9 Å². The molecule has 1 aromatic heterocycles. The smallest absolute Gasteiger partial charge is 0.237 e. The zero-order chi connectivity index (χ0) is 15.6. The Kier molecular flexibility index (Phi) is 5.37. The van der Waals surface area contributed by atoms with Gasteiger partial charge in [0.2, 0.25) is 5.91 Å². The maximum atomic E-state index is 12.2. The maximum Gasteiger partial charge on any atom is 0.237 e. The number of rotatable bonds is 4. The van der Waals surface area contributed by atoms with Gasteiger partial charge in [0.15, 0.2) is 5.16 Å². The van der Waals surface area contributed by atoms with Gasteiger partial charge in [-0.05, 0) is 19.1 Å². The second-order valence-electron chi connectivity index (χ2n) is 4.22. The summed E-state index contributed by atoms with van der Waals surface area (Å²) in [6.07, 6.45) is 1.57. The summed E-state index contributed by atoms with van der Waals surface area (Å²) in [4.78, 5) is 12.2. The normalized spacial score (nSPS) is 12.2. The Morgan fingerprint density at radius 1 is 1.29 bits per heavy atom. The molecule has 5 nitrogen and oxygen atoms in total. The van der Waals surface area contributed by atoms with E-state index in [-0.39, 0.29) is 11.2 Å². The van der Waals surface area contributed by atoms with E-state index in [1.807, 2.05) is 7.05 Å². The molecule has 0 bridgehead atoms. The molecule has 0 aliphatic heterocycles. The van der Waals surface area contributed by atoms with Crippen molar-refractivity contribution in [2.24, 2.45) is 7.05 Å². The molecule has 0 fully saturated rings. The summed E-state index contributed by atoms with van der Waals surface area (Å²) in [7, 11) is 1.81. The lowest BCUT2D eigenvalue weighted by Gasteiger charge is -2.13. The molecule has 0 unspecified atom stereocenters. The highest BCUT2D eigenvalue weighted by Gasteiger charge is 2.18. The van der Waals surface area contributed by atoms with Crippen molar-refractivity contribution in [3.8, 4) is 0 Å². The summed E-state index contributed by atoms with van der Waals surface area (Å²) >= 11 is 19.1. The van der Waals surface area contributed by atoms with Crippen molar-refractivity contribution in [3.63, 3.8) is 0 Å². The molecule has 0 radical (unpaired) electrons. The number of hydrogen-bond donors (Lipinski definition) is 1. The standard InChI is InChI=1S/C12H11Cl3N4OS/c1-6(21-12-18-16-5-19(12)2)11(20)17-10-4-8(14)7(13)3-9(10)15/h3-6H,1-2H3,(H,17,20)/t6-/m0/s1. The topological polar surface area (TPSA) is 59.8 Å². The lowest BCUT2D eigenvalue weighted by atomic mass is 10.3. The molecule has 0 aliphatic rings. The largest absolute Gasteiger partial charge is 0.324 e. The van der Waals surface area contributed by atoms with Crippen LogP contribution in [0.5, 0.6) is 0 Å². The molecule has 112 valence electrons. The Hall–Kier alpha value is -0.950. The number of carbonyl (C=O) groups is 1. The van der Waals surface area contributed by atoms with Crippen LogP contribution in [0.15, 0.2) is 23.6 Å². The van der Waals surface area contributed by atoms with Crippen LogP contribution in [0, 0.1) is 0 Å². The molecule has 0 spiro atoms. The van der Waals surface area contributed by atoms with Crippen LogP contribution in [0.3, 0.4) is 0 Å². The number of amides is 1. The molecule has 2 rings (SSSR count). The van der Waals surface area contributed by atoms with Crippen LogP contribution in [-0.4, -0.2) is 25.9 Å². The first kappa shape index (κ1) is 16.4. The number of carbonyl (C=O) groups excluding carboxylic acids is 1. The molecule has 0 aliphatic carbocycles. The fourth-order valence-corrected chi connectivity index (χ4v) is 2.83. The van der Waals surface area contributed by atoms with Crippen molar-refractivity contribution >= 4 is 58.2 Å². The third-order valence-corrected chi connectivity index (χ3v) is 4.77. The summed E-state index contributed by atoms with van der Waals surface area (Å²) in [6, 6.07) is 3.01. The maximum absolute atomic E-state index is 12.2. The third-order valence-electron chi connectivity index (χ3n) is 2.59. The van der Waals surface area contributed by atoms with E-state index in [9.17, 15) is 4.79 Å². The van der Waals surface area contributed by atoms with E-state index < -0.39 is 0 Å². The Balaban J connectivity index is 2.07. The van der Waals surface area contributed by atoms with Gasteiger partial charge >= 0.3 is 0 Å². The number of nitrogens with one attached hydrogen (secondary N) is 1. The summed E-state index contributed by atoms with van der Waals surface area (Å²) in [5.74, 6) is -0.219. The van der Waals surface area contributed by atoms with E-state index >= 15 is 0 Å². The molecule has 2 aromatic rings. The Labute approximate surface area is 141 Å². The van der Waals surface area contributed by atoms with Crippen LogP contribution in [0.1, 0.15) is 6.92 Å². The third kappa shape index (κ3) is 4.03. The van der Waals surface area contributed by atoms with Crippen molar-refractivity contribution in [2.45, 2.75) is 17.3 Å². The fourth-order valence-electron chi connectivity index (χ4n) is 1.44. The van der Waals surface area contributed by atoms with E-state index in [1.165, 1.54) is 23.9 Å². The lowest BCUT2D eigenvalue weighted by molar-refractivity contribution is -0.115. The second kappa shape index (κ2) is 6.87. The number of thioether (sulfide) groups is 1. The van der Waals surface area contributed by atoms with E-state index in [1.54, 1.807) is 17.8 Å². The molecule has 1 aromatic carbocycles. The minimum Gasteiger partial charge on any atom is -0.324 e. The first-order valence-electron chi connectivity index (χ1n) is 5.84. The van der Waals surface area contributed by atoms with Crippen molar-refractivity contribution in [1.82, 2.24) is 14.8 Å². The molecule has 9 heteroatoms. The molecular weight excluding hydrogens is 355 g/mol. The second-order valence-corrected chi connectivity index (χ2v) is 6.75. The van der Waals surface area contributed by atoms with Crippen LogP contribution in [0.2, 0.25) is 15.1 Å². The van der Waals surface area contributed by atoms with Gasteiger partial charge in [0, 0.05) is 7.05 Å². The van der Waals surface area contributed by atoms with Gasteiger partial charge in [0.05, 0.1) is 26.0 Å². The van der Waals surface area contributed by atoms with E-state index in [4.69, 9.17) is 34.8 Å². The van der Waals surface area contributed by atoms with Crippen LogP contribution in [0.25, 0.3) is 0 Å². The van der Waals surface area contributed by atoms with Crippen molar-refractivity contribution in [3.05, 3.63) is 33.5 Å². The number of benzene rings is 1. The van der Waals surface area contributed by atoms with E-state index in [0.717, 1.165) is 0 Å². The molecule has 1 heterocycles. The van der Waals surface area contributed by atoms with Crippen LogP contribution in [0.4, 0.5) is 5.69 Å². The summed E-state index contributed by atoms with van der Waals surface area (Å²) in [6.45, 7) is 1.76. The monoisotopic (exact) mass is 364 g/mol. The average Bonchev–Trinajstić information content (AvgIpc) is 2.81. The van der Waals surface area contributed by atoms with Crippen LogP contribution >= 0.6 is 46.6 Å². The molecular formula is C12H11Cl3N4OS. The first-order valence-corrected chi connectivity index (χ1v) is 7.86. The predicted octanol–water partition coefficient (Wildman–Crippen LogP) is 3.89. The number of anilines is 1. The number of aryl methyl sites for hydroxylation is 1. The molecule has 0 saturated carbocycles. The average molecular weight is 366 g/mol. The van der Waals surface area contributed by atoms with Crippen molar-refractivity contribution in [1.29, 1.82) is 0 Å². The minimum atomic E-state index is -0.376. The molecule has 1 amide bonds. The van der Waals surface area contributed by atoms with Gasteiger partial charge in [-0.1, -0.05) is 46.6 Å². The number of nitrogens with zero attached hydrogens (tertiary/aromatic N) is 3. The van der Waals surface area contributed by atoms with Gasteiger partial charge in [0.1, 0.15) is 6.33 Å². The summed E-state index contributed by atoms with van der Waals surface area (Å²) < 4.78 is 1.74. The van der Waals surface area contributed by atoms with Gasteiger partial charge in [-0.25, -0.2) is 0 Å². The molecule has 0 saturated heterocycles. The number of halogens is 3. The van der Waals surface area contributed by atoms with Gasteiger partial charge in [-0.2, -0.15) is 0 Å². The molecule has 1 N–H and O–H groups in total. The summed E-state index contributed by atoms with van der Waals surface area (Å²) in [5.41, 5.74) is 0.418. The van der Waals surface area contributed by atoms with Gasteiger partial charge in [0.25, 0.3) is 0 Å². The van der Waals surface area contributed by atoms with Gasteiger partial charge in [-0.15, -0.1) is 10.2 Å². The Morgan fingerprint density at radius 3 is 2.57 bits per heavy atom.